The Kier molecular flexibility index (Phi) is 2.98. The van der Waals surface area contributed by atoms with Crippen LogP contribution < -0.4 is 21.5 Å². The van der Waals surface area contributed by atoms with Crippen LogP contribution in [0.25, 0.3) is 0 Å². The van der Waals surface area contributed by atoms with Crippen LogP contribution in [-0.4, -0.2) is 11.8 Å². The first-order valence-corrected chi connectivity index (χ1v) is 6.33. The number of nitrogens with one attached hydrogen (secondary N) is 1. The summed E-state index contributed by atoms with van der Waals surface area (Å²) in [4.78, 5) is 22.4. The molecule has 0 fully saturated rings. The van der Waals surface area contributed by atoms with Crippen molar-refractivity contribution >= 4 is 23.2 Å². The molecule has 1 aliphatic rings. The van der Waals surface area contributed by atoms with Gasteiger partial charge in [-0.05, 0) is 35.9 Å². The van der Waals surface area contributed by atoms with Gasteiger partial charge in [0.25, 0.3) is 0 Å². The standard InChI is InChI=1S/C15H13N3O3/c16-11-5-9-6-14(19)18-12(9)7-13(11)21-10-3-1-8(2-4-10)15(17)20/h1-5,7H,6,16H2,(H2,17,20)(H,18,19). The van der Waals surface area contributed by atoms with Crippen molar-refractivity contribution in [2.75, 3.05) is 11.1 Å². The van der Waals surface area contributed by atoms with E-state index < -0.39 is 5.91 Å². The Morgan fingerprint density at radius 3 is 2.57 bits per heavy atom. The van der Waals surface area contributed by atoms with Gasteiger partial charge in [0.1, 0.15) is 5.75 Å². The maximum absolute atomic E-state index is 11.3. The number of carbonyl (C=O) groups excluding carboxylic acids is 2. The zero-order chi connectivity index (χ0) is 15.0. The number of rotatable bonds is 3. The van der Waals surface area contributed by atoms with Crippen LogP contribution in [-0.2, 0) is 11.2 Å². The van der Waals surface area contributed by atoms with Crippen molar-refractivity contribution in [1.29, 1.82) is 0 Å². The molecule has 2 aromatic carbocycles. The van der Waals surface area contributed by atoms with Crippen molar-refractivity contribution in [2.24, 2.45) is 5.73 Å². The molecule has 1 heterocycles. The highest BCUT2D eigenvalue weighted by Crippen LogP contribution is 2.35. The third-order valence-corrected chi connectivity index (χ3v) is 3.23. The summed E-state index contributed by atoms with van der Waals surface area (Å²) < 4.78 is 5.68. The summed E-state index contributed by atoms with van der Waals surface area (Å²) >= 11 is 0. The number of carbonyl (C=O) groups is 2. The topological polar surface area (TPSA) is 107 Å². The molecule has 0 bridgehead atoms. The largest absolute Gasteiger partial charge is 0.455 e. The smallest absolute Gasteiger partial charge is 0.248 e. The van der Waals surface area contributed by atoms with Crippen LogP contribution in [0.5, 0.6) is 11.5 Å². The lowest BCUT2D eigenvalue weighted by atomic mass is 10.1. The molecule has 0 atom stereocenters. The highest BCUT2D eigenvalue weighted by atomic mass is 16.5. The lowest BCUT2D eigenvalue weighted by Crippen LogP contribution is -2.10. The fourth-order valence-electron chi connectivity index (χ4n) is 2.18. The molecular weight excluding hydrogens is 270 g/mol. The van der Waals surface area contributed by atoms with E-state index in [1.807, 2.05) is 0 Å². The maximum atomic E-state index is 11.3. The molecule has 21 heavy (non-hydrogen) atoms. The summed E-state index contributed by atoms with van der Waals surface area (Å²) in [5.74, 6) is 0.410. The second-order valence-electron chi connectivity index (χ2n) is 4.76. The van der Waals surface area contributed by atoms with E-state index in [1.165, 1.54) is 0 Å². The number of hydrogen-bond acceptors (Lipinski definition) is 4. The van der Waals surface area contributed by atoms with Gasteiger partial charge in [-0.25, -0.2) is 0 Å². The average Bonchev–Trinajstić information content (AvgIpc) is 2.79. The van der Waals surface area contributed by atoms with E-state index in [0.29, 0.717) is 34.9 Å². The zero-order valence-corrected chi connectivity index (χ0v) is 11.1. The van der Waals surface area contributed by atoms with Crippen molar-refractivity contribution in [3.63, 3.8) is 0 Å². The predicted octanol–water partition coefficient (Wildman–Crippen LogP) is 1.65. The second kappa shape index (κ2) is 4.82. The number of amides is 2. The number of anilines is 2. The van der Waals surface area contributed by atoms with E-state index in [4.69, 9.17) is 16.2 Å². The average molecular weight is 283 g/mol. The number of nitrogens with two attached hydrogens (primary N) is 2. The Hall–Kier alpha value is -3.02. The van der Waals surface area contributed by atoms with Crippen molar-refractivity contribution < 1.29 is 14.3 Å². The molecule has 5 N–H and O–H groups in total. The molecule has 0 saturated carbocycles. The summed E-state index contributed by atoms with van der Waals surface area (Å²) in [6.45, 7) is 0. The Morgan fingerprint density at radius 1 is 1.19 bits per heavy atom. The van der Waals surface area contributed by atoms with Crippen LogP contribution in [0.15, 0.2) is 36.4 Å². The lowest BCUT2D eigenvalue weighted by molar-refractivity contribution is -0.115. The van der Waals surface area contributed by atoms with Gasteiger partial charge in [0, 0.05) is 17.3 Å². The molecule has 0 aromatic heterocycles. The third kappa shape index (κ3) is 2.51. The van der Waals surface area contributed by atoms with Crippen molar-refractivity contribution in [3.8, 4) is 11.5 Å². The maximum Gasteiger partial charge on any atom is 0.248 e. The van der Waals surface area contributed by atoms with Crippen LogP contribution in [0.3, 0.4) is 0 Å². The van der Waals surface area contributed by atoms with Gasteiger partial charge in [-0.1, -0.05) is 0 Å². The van der Waals surface area contributed by atoms with Gasteiger partial charge >= 0.3 is 0 Å². The molecule has 0 spiro atoms. The highest BCUT2D eigenvalue weighted by molar-refractivity contribution is 6.00. The highest BCUT2D eigenvalue weighted by Gasteiger charge is 2.20. The molecule has 2 amide bonds. The molecule has 3 rings (SSSR count). The summed E-state index contributed by atoms with van der Waals surface area (Å²) in [6, 6.07) is 9.82. The number of ether oxygens (including phenoxy) is 1. The first kappa shape index (κ1) is 13.0. The van der Waals surface area contributed by atoms with Crippen LogP contribution >= 0.6 is 0 Å². The molecule has 0 aliphatic carbocycles. The summed E-state index contributed by atoms with van der Waals surface area (Å²) in [5, 5.41) is 2.74. The SMILES string of the molecule is NC(=O)c1ccc(Oc2cc3c(cc2N)CC(=O)N3)cc1. The Bertz CT molecular complexity index is 739. The normalized spacial score (nSPS) is 12.7. The quantitative estimate of drug-likeness (QED) is 0.744. The molecule has 6 nitrogen and oxygen atoms in total. The molecule has 1 aliphatic heterocycles. The Balaban J connectivity index is 1.87. The van der Waals surface area contributed by atoms with Crippen molar-refractivity contribution in [2.45, 2.75) is 6.42 Å². The first-order chi connectivity index (χ1) is 10.0. The molecule has 6 heteroatoms. The lowest BCUT2D eigenvalue weighted by Gasteiger charge is -2.10. The van der Waals surface area contributed by atoms with Crippen molar-refractivity contribution in [1.82, 2.24) is 0 Å². The minimum Gasteiger partial charge on any atom is -0.455 e. The summed E-state index contributed by atoms with van der Waals surface area (Å²) in [6.07, 6.45) is 0.327. The van der Waals surface area contributed by atoms with E-state index in [-0.39, 0.29) is 5.91 Å². The molecule has 0 radical (unpaired) electrons. The first-order valence-electron chi connectivity index (χ1n) is 6.33. The molecule has 2 aromatic rings. The van der Waals surface area contributed by atoms with Gasteiger partial charge in [0.05, 0.1) is 12.1 Å². The van der Waals surface area contributed by atoms with Gasteiger partial charge < -0.3 is 21.5 Å². The number of hydrogen-bond donors (Lipinski definition) is 3. The van der Waals surface area contributed by atoms with Crippen LogP contribution in [0.1, 0.15) is 15.9 Å². The number of primary amides is 1. The van der Waals surface area contributed by atoms with E-state index in [0.717, 1.165) is 5.56 Å². The van der Waals surface area contributed by atoms with Crippen LogP contribution in [0, 0.1) is 0 Å². The Labute approximate surface area is 120 Å². The molecular formula is C15H13N3O3. The molecule has 0 saturated heterocycles. The van der Waals surface area contributed by atoms with Crippen LogP contribution in [0.4, 0.5) is 11.4 Å². The number of fused-ring (bicyclic) bond motifs is 1. The molecule has 106 valence electrons. The Morgan fingerprint density at radius 2 is 1.90 bits per heavy atom. The minimum atomic E-state index is -0.499. The van der Waals surface area contributed by atoms with Gasteiger partial charge in [0.2, 0.25) is 11.8 Å². The summed E-state index contributed by atoms with van der Waals surface area (Å²) in [5.41, 5.74) is 13.5. The molecule has 0 unspecified atom stereocenters. The second-order valence-corrected chi connectivity index (χ2v) is 4.76. The fraction of sp³-hybridized carbons (Fsp3) is 0.0667. The monoisotopic (exact) mass is 283 g/mol. The summed E-state index contributed by atoms with van der Waals surface area (Å²) in [7, 11) is 0. The van der Waals surface area contributed by atoms with Gasteiger partial charge in [-0.15, -0.1) is 0 Å². The third-order valence-electron chi connectivity index (χ3n) is 3.23. The van der Waals surface area contributed by atoms with E-state index >= 15 is 0 Å². The van der Waals surface area contributed by atoms with Gasteiger partial charge in [-0.2, -0.15) is 0 Å². The zero-order valence-electron chi connectivity index (χ0n) is 11.1. The minimum absolute atomic E-state index is 0.0626. The van der Waals surface area contributed by atoms with Gasteiger partial charge in [0.15, 0.2) is 5.75 Å². The van der Waals surface area contributed by atoms with Crippen LogP contribution in [0.2, 0.25) is 0 Å². The number of benzene rings is 2. The van der Waals surface area contributed by atoms with Crippen molar-refractivity contribution in [3.05, 3.63) is 47.5 Å². The predicted molar refractivity (Wildman–Crippen MR) is 78.2 cm³/mol. The number of nitrogen functional groups attached to an aromatic ring is 1. The van der Waals surface area contributed by atoms with E-state index in [2.05, 4.69) is 5.32 Å². The fourth-order valence-corrected chi connectivity index (χ4v) is 2.18. The van der Waals surface area contributed by atoms with E-state index in [9.17, 15) is 9.59 Å². The van der Waals surface area contributed by atoms with Gasteiger partial charge in [-0.3, -0.25) is 9.59 Å². The van der Waals surface area contributed by atoms with E-state index in [1.54, 1.807) is 36.4 Å².